The Morgan fingerprint density at radius 2 is 1.88 bits per heavy atom. The smallest absolute Gasteiger partial charge is 0.255 e. The number of nitrogens with one attached hydrogen (secondary N) is 1. The molecule has 5 nitrogen and oxygen atoms in total. The molecule has 1 fully saturated rings. The van der Waals surface area contributed by atoms with Crippen molar-refractivity contribution in [3.8, 4) is 0 Å². The lowest BCUT2D eigenvalue weighted by Crippen LogP contribution is -2.20. The van der Waals surface area contributed by atoms with E-state index in [0.717, 1.165) is 25.9 Å². The summed E-state index contributed by atoms with van der Waals surface area (Å²) in [7, 11) is 0. The number of rotatable bonds is 4. The Bertz CT molecular complexity index is 829. The number of carbonyl (C=O) groups is 2. The second-order valence-corrected chi connectivity index (χ2v) is 6.16. The van der Waals surface area contributed by atoms with Crippen molar-refractivity contribution in [1.82, 2.24) is 0 Å². The topological polar surface area (TPSA) is 75.4 Å². The Labute approximate surface area is 145 Å². The molecule has 0 spiro atoms. The Kier molecular flexibility index (Phi) is 4.70. The number of hydrogen-bond acceptors (Lipinski definition) is 3. The lowest BCUT2D eigenvalue weighted by atomic mass is 10.1. The van der Waals surface area contributed by atoms with E-state index in [2.05, 4.69) is 5.32 Å². The normalized spacial score (nSPS) is 13.8. The molecule has 3 N–H and O–H groups in total. The molecule has 25 heavy (non-hydrogen) atoms. The summed E-state index contributed by atoms with van der Waals surface area (Å²) in [6, 6.07) is 9.41. The van der Waals surface area contributed by atoms with Crippen LogP contribution in [0.25, 0.3) is 0 Å². The largest absolute Gasteiger partial charge is 0.369 e. The van der Waals surface area contributed by atoms with E-state index in [9.17, 15) is 14.0 Å². The van der Waals surface area contributed by atoms with Crippen molar-refractivity contribution in [2.45, 2.75) is 19.8 Å². The van der Waals surface area contributed by atoms with Gasteiger partial charge in [0.25, 0.3) is 5.91 Å². The highest BCUT2D eigenvalue weighted by Crippen LogP contribution is 2.25. The molecule has 1 heterocycles. The van der Waals surface area contributed by atoms with Gasteiger partial charge in [-0.25, -0.2) is 4.39 Å². The maximum absolute atomic E-state index is 14.4. The standard InChI is InChI=1S/C19H20FN3O2/c1-12-14(18(21)24)5-4-6-16(12)22-19(25)13-7-8-17(15(20)11-13)23-9-2-3-10-23/h4-8,11H,2-3,9-10H2,1H3,(H2,21,24)(H,22,25). The maximum Gasteiger partial charge on any atom is 0.255 e. The number of amides is 2. The second-order valence-electron chi connectivity index (χ2n) is 6.16. The number of primary amides is 1. The molecule has 0 unspecified atom stereocenters. The van der Waals surface area contributed by atoms with Gasteiger partial charge in [0, 0.05) is 29.9 Å². The molecule has 2 aromatic rings. The molecular formula is C19H20FN3O2. The lowest BCUT2D eigenvalue weighted by molar-refractivity contribution is 0.0995. The molecule has 0 aromatic heterocycles. The van der Waals surface area contributed by atoms with Gasteiger partial charge < -0.3 is 16.0 Å². The van der Waals surface area contributed by atoms with Crippen LogP contribution in [-0.2, 0) is 0 Å². The minimum absolute atomic E-state index is 0.226. The number of nitrogens with two attached hydrogens (primary N) is 1. The molecule has 3 rings (SSSR count). The van der Waals surface area contributed by atoms with Crippen molar-refractivity contribution >= 4 is 23.2 Å². The molecule has 1 saturated heterocycles. The van der Waals surface area contributed by atoms with E-state index in [1.54, 1.807) is 37.3 Å². The SMILES string of the molecule is Cc1c(NC(=O)c2ccc(N3CCCC3)c(F)c2)cccc1C(N)=O. The number of anilines is 2. The van der Waals surface area contributed by atoms with Crippen molar-refractivity contribution in [2.24, 2.45) is 5.73 Å². The fraction of sp³-hybridized carbons (Fsp3) is 0.263. The van der Waals surface area contributed by atoms with Gasteiger partial charge in [-0.1, -0.05) is 6.07 Å². The predicted octanol–water partition coefficient (Wildman–Crippen LogP) is 3.09. The average molecular weight is 341 g/mol. The molecule has 0 radical (unpaired) electrons. The fourth-order valence-electron chi connectivity index (χ4n) is 3.10. The van der Waals surface area contributed by atoms with Crippen molar-refractivity contribution in [3.05, 3.63) is 58.9 Å². The molecule has 130 valence electrons. The van der Waals surface area contributed by atoms with Gasteiger partial charge in [-0.2, -0.15) is 0 Å². The monoisotopic (exact) mass is 341 g/mol. The molecule has 2 aromatic carbocycles. The van der Waals surface area contributed by atoms with Crippen LogP contribution >= 0.6 is 0 Å². The molecular weight excluding hydrogens is 321 g/mol. The molecule has 1 aliphatic heterocycles. The zero-order chi connectivity index (χ0) is 18.0. The highest BCUT2D eigenvalue weighted by Gasteiger charge is 2.18. The quantitative estimate of drug-likeness (QED) is 0.897. The highest BCUT2D eigenvalue weighted by atomic mass is 19.1. The summed E-state index contributed by atoms with van der Waals surface area (Å²) < 4.78 is 14.4. The first-order valence-electron chi connectivity index (χ1n) is 8.22. The highest BCUT2D eigenvalue weighted by molar-refractivity contribution is 6.06. The Hall–Kier alpha value is -2.89. The van der Waals surface area contributed by atoms with Crippen LogP contribution in [0.1, 0.15) is 39.1 Å². The summed E-state index contributed by atoms with van der Waals surface area (Å²) in [6.07, 6.45) is 2.11. The maximum atomic E-state index is 14.4. The Morgan fingerprint density at radius 1 is 1.16 bits per heavy atom. The first-order valence-corrected chi connectivity index (χ1v) is 8.22. The predicted molar refractivity (Wildman–Crippen MR) is 95.5 cm³/mol. The number of halogens is 1. The van der Waals surface area contributed by atoms with E-state index in [4.69, 9.17) is 5.73 Å². The van der Waals surface area contributed by atoms with Crippen molar-refractivity contribution < 1.29 is 14.0 Å². The Morgan fingerprint density at radius 3 is 2.52 bits per heavy atom. The van der Waals surface area contributed by atoms with Crippen molar-refractivity contribution in [3.63, 3.8) is 0 Å². The summed E-state index contributed by atoms with van der Waals surface area (Å²) in [6.45, 7) is 3.37. The zero-order valence-corrected chi connectivity index (χ0v) is 14.0. The van der Waals surface area contributed by atoms with E-state index in [1.807, 2.05) is 4.90 Å². The summed E-state index contributed by atoms with van der Waals surface area (Å²) >= 11 is 0. The van der Waals surface area contributed by atoms with Crippen LogP contribution in [0.5, 0.6) is 0 Å². The molecule has 2 amide bonds. The summed E-state index contributed by atoms with van der Waals surface area (Å²) in [5.74, 6) is -1.40. The van der Waals surface area contributed by atoms with Crippen molar-refractivity contribution in [1.29, 1.82) is 0 Å². The van der Waals surface area contributed by atoms with E-state index in [0.29, 0.717) is 22.5 Å². The van der Waals surface area contributed by atoms with E-state index < -0.39 is 17.6 Å². The number of hydrogen-bond donors (Lipinski definition) is 2. The Balaban J connectivity index is 1.81. The number of carbonyl (C=O) groups excluding carboxylic acids is 2. The van der Waals surface area contributed by atoms with Gasteiger partial charge in [-0.05, 0) is 55.7 Å². The molecule has 0 bridgehead atoms. The lowest BCUT2D eigenvalue weighted by Gasteiger charge is -2.18. The first kappa shape index (κ1) is 17.0. The van der Waals surface area contributed by atoms with Crippen LogP contribution in [0.3, 0.4) is 0 Å². The van der Waals surface area contributed by atoms with E-state index >= 15 is 0 Å². The fourth-order valence-corrected chi connectivity index (χ4v) is 3.10. The van der Waals surface area contributed by atoms with E-state index in [-0.39, 0.29) is 5.56 Å². The molecule has 0 saturated carbocycles. The number of nitrogens with zero attached hydrogens (tertiary/aromatic N) is 1. The summed E-state index contributed by atoms with van der Waals surface area (Å²) in [5, 5.41) is 2.71. The minimum atomic E-state index is -0.561. The zero-order valence-electron chi connectivity index (χ0n) is 14.0. The van der Waals surface area contributed by atoms with Gasteiger partial charge in [0.05, 0.1) is 5.69 Å². The van der Waals surface area contributed by atoms with Gasteiger partial charge in [0.1, 0.15) is 5.82 Å². The molecule has 0 aliphatic carbocycles. The van der Waals surface area contributed by atoms with Gasteiger partial charge in [-0.15, -0.1) is 0 Å². The van der Waals surface area contributed by atoms with Gasteiger partial charge >= 0.3 is 0 Å². The molecule has 1 aliphatic rings. The number of benzene rings is 2. The molecule has 6 heteroatoms. The first-order chi connectivity index (χ1) is 12.0. The third kappa shape index (κ3) is 3.47. The van der Waals surface area contributed by atoms with Crippen LogP contribution in [-0.4, -0.2) is 24.9 Å². The van der Waals surface area contributed by atoms with Crippen LogP contribution in [0.15, 0.2) is 36.4 Å². The van der Waals surface area contributed by atoms with E-state index in [1.165, 1.54) is 6.07 Å². The van der Waals surface area contributed by atoms with Crippen molar-refractivity contribution in [2.75, 3.05) is 23.3 Å². The van der Waals surface area contributed by atoms with Gasteiger partial charge in [0.15, 0.2) is 0 Å². The van der Waals surface area contributed by atoms with Gasteiger partial charge in [-0.3, -0.25) is 9.59 Å². The third-order valence-corrected chi connectivity index (χ3v) is 4.50. The van der Waals surface area contributed by atoms with Crippen LogP contribution < -0.4 is 16.0 Å². The van der Waals surface area contributed by atoms with Crippen LogP contribution in [0.4, 0.5) is 15.8 Å². The van der Waals surface area contributed by atoms with Crippen LogP contribution in [0, 0.1) is 12.7 Å². The summed E-state index contributed by atoms with van der Waals surface area (Å²) in [4.78, 5) is 25.8. The third-order valence-electron chi connectivity index (χ3n) is 4.50. The molecule has 0 atom stereocenters. The minimum Gasteiger partial charge on any atom is -0.369 e. The van der Waals surface area contributed by atoms with Crippen LogP contribution in [0.2, 0.25) is 0 Å². The second kappa shape index (κ2) is 6.93. The summed E-state index contributed by atoms with van der Waals surface area (Å²) in [5.41, 5.74) is 7.47. The average Bonchev–Trinajstić information content (AvgIpc) is 3.10. The van der Waals surface area contributed by atoms with Gasteiger partial charge in [0.2, 0.25) is 5.91 Å².